The second-order valence-corrected chi connectivity index (χ2v) is 6.02. The summed E-state index contributed by atoms with van der Waals surface area (Å²) < 4.78 is 5.69. The van der Waals surface area contributed by atoms with Gasteiger partial charge in [-0.1, -0.05) is 37.3 Å². The van der Waals surface area contributed by atoms with Crippen molar-refractivity contribution in [3.8, 4) is 0 Å². The van der Waals surface area contributed by atoms with Crippen molar-refractivity contribution in [2.75, 3.05) is 26.8 Å². The van der Waals surface area contributed by atoms with Gasteiger partial charge in [-0.15, -0.1) is 24.0 Å². The van der Waals surface area contributed by atoms with E-state index >= 15 is 0 Å². The molecule has 1 aromatic carbocycles. The summed E-state index contributed by atoms with van der Waals surface area (Å²) >= 11 is 0. The Morgan fingerprint density at radius 3 is 2.61 bits per heavy atom. The second-order valence-electron chi connectivity index (χ2n) is 6.02. The molecule has 1 aliphatic rings. The van der Waals surface area contributed by atoms with Crippen molar-refractivity contribution in [1.29, 1.82) is 0 Å². The summed E-state index contributed by atoms with van der Waals surface area (Å²) in [5.74, 6) is 1.72. The molecule has 1 aliphatic carbocycles. The molecule has 4 nitrogen and oxygen atoms in total. The number of halogens is 1. The van der Waals surface area contributed by atoms with Crippen molar-refractivity contribution in [3.63, 3.8) is 0 Å². The zero-order chi connectivity index (χ0) is 15.6. The Kier molecular flexibility index (Phi) is 10.3. The minimum atomic E-state index is 0. The number of hydrogen-bond acceptors (Lipinski definition) is 2. The third-order valence-electron chi connectivity index (χ3n) is 4.04. The van der Waals surface area contributed by atoms with Crippen LogP contribution in [-0.2, 0) is 11.2 Å². The van der Waals surface area contributed by atoms with Crippen LogP contribution in [0.2, 0.25) is 0 Å². The number of nitrogens with zero attached hydrogens (tertiary/aromatic N) is 1. The van der Waals surface area contributed by atoms with Gasteiger partial charge in [0.25, 0.3) is 0 Å². The van der Waals surface area contributed by atoms with E-state index < -0.39 is 0 Å². The van der Waals surface area contributed by atoms with E-state index in [4.69, 9.17) is 4.74 Å². The van der Waals surface area contributed by atoms with Crippen LogP contribution in [0.5, 0.6) is 0 Å². The minimum absolute atomic E-state index is 0. The first-order valence-electron chi connectivity index (χ1n) is 8.38. The average molecular weight is 431 g/mol. The van der Waals surface area contributed by atoms with Crippen LogP contribution < -0.4 is 10.6 Å². The number of guanidine groups is 1. The van der Waals surface area contributed by atoms with Crippen molar-refractivity contribution >= 4 is 29.9 Å². The van der Waals surface area contributed by atoms with Gasteiger partial charge in [-0.05, 0) is 37.2 Å². The van der Waals surface area contributed by atoms with E-state index in [-0.39, 0.29) is 24.0 Å². The van der Waals surface area contributed by atoms with E-state index in [9.17, 15) is 0 Å². The standard InChI is InChI=1S/C18H29N3O.HI/c1-15-14-17(15)21-18(19-2)20-11-6-7-12-22-13-10-16-8-4-3-5-9-16;/h3-5,8-9,15,17H,6-7,10-14H2,1-2H3,(H2,19,20,21);1H. The summed E-state index contributed by atoms with van der Waals surface area (Å²) in [6.45, 7) is 4.85. The average Bonchev–Trinajstić information content (AvgIpc) is 3.24. The molecule has 0 saturated heterocycles. The zero-order valence-corrected chi connectivity index (χ0v) is 16.6. The molecule has 23 heavy (non-hydrogen) atoms. The summed E-state index contributed by atoms with van der Waals surface area (Å²) in [6, 6.07) is 11.1. The number of hydrogen-bond donors (Lipinski definition) is 2. The van der Waals surface area contributed by atoms with Gasteiger partial charge < -0.3 is 15.4 Å². The lowest BCUT2D eigenvalue weighted by Crippen LogP contribution is -2.39. The molecule has 2 unspecified atom stereocenters. The molecule has 0 radical (unpaired) electrons. The van der Waals surface area contributed by atoms with E-state index in [1.54, 1.807) is 0 Å². The Hall–Kier alpha value is -0.820. The molecule has 0 aliphatic heterocycles. The zero-order valence-electron chi connectivity index (χ0n) is 14.3. The molecule has 1 fully saturated rings. The normalized spacial score (nSPS) is 19.8. The largest absolute Gasteiger partial charge is 0.381 e. The Balaban J connectivity index is 0.00000264. The fourth-order valence-corrected chi connectivity index (χ4v) is 2.37. The van der Waals surface area contributed by atoms with Crippen LogP contribution in [0.4, 0.5) is 0 Å². The number of aliphatic imine (C=N–C) groups is 1. The summed E-state index contributed by atoms with van der Waals surface area (Å²) in [5.41, 5.74) is 1.34. The highest BCUT2D eigenvalue weighted by atomic mass is 127. The predicted octanol–water partition coefficient (Wildman–Crippen LogP) is 3.22. The second kappa shape index (κ2) is 11.7. The predicted molar refractivity (Wildman–Crippen MR) is 108 cm³/mol. The SMILES string of the molecule is CN=C(NCCCCOCCc1ccccc1)NC1CC1C.I. The van der Waals surface area contributed by atoms with Crippen molar-refractivity contribution in [3.05, 3.63) is 35.9 Å². The number of ether oxygens (including phenoxy) is 1. The van der Waals surface area contributed by atoms with E-state index in [1.165, 1.54) is 12.0 Å². The monoisotopic (exact) mass is 431 g/mol. The fourth-order valence-electron chi connectivity index (χ4n) is 2.37. The fraction of sp³-hybridized carbons (Fsp3) is 0.611. The van der Waals surface area contributed by atoms with E-state index in [1.807, 2.05) is 13.1 Å². The van der Waals surface area contributed by atoms with Crippen molar-refractivity contribution in [2.24, 2.45) is 10.9 Å². The molecule has 2 N–H and O–H groups in total. The number of nitrogens with one attached hydrogen (secondary N) is 2. The van der Waals surface area contributed by atoms with Gasteiger partial charge in [0.05, 0.1) is 6.61 Å². The molecule has 0 spiro atoms. The third kappa shape index (κ3) is 8.55. The smallest absolute Gasteiger partial charge is 0.191 e. The maximum absolute atomic E-state index is 5.69. The lowest BCUT2D eigenvalue weighted by atomic mass is 10.2. The minimum Gasteiger partial charge on any atom is -0.381 e. The molecule has 0 bridgehead atoms. The maximum Gasteiger partial charge on any atom is 0.191 e. The van der Waals surface area contributed by atoms with Gasteiger partial charge in [0.15, 0.2) is 5.96 Å². The van der Waals surface area contributed by atoms with Crippen LogP contribution in [0, 0.1) is 5.92 Å². The molecule has 0 heterocycles. The third-order valence-corrected chi connectivity index (χ3v) is 4.04. The molecular weight excluding hydrogens is 401 g/mol. The Bertz CT molecular complexity index is 453. The van der Waals surface area contributed by atoms with Gasteiger partial charge in [0, 0.05) is 26.2 Å². The van der Waals surface area contributed by atoms with Gasteiger partial charge >= 0.3 is 0 Å². The number of unbranched alkanes of at least 4 members (excludes halogenated alkanes) is 1. The van der Waals surface area contributed by atoms with E-state index in [2.05, 4.69) is 46.8 Å². The van der Waals surface area contributed by atoms with Gasteiger partial charge in [-0.3, -0.25) is 4.99 Å². The quantitative estimate of drug-likeness (QED) is 0.273. The van der Waals surface area contributed by atoms with Crippen LogP contribution >= 0.6 is 24.0 Å². The molecule has 5 heteroatoms. The summed E-state index contributed by atoms with van der Waals surface area (Å²) in [5, 5.41) is 6.79. The van der Waals surface area contributed by atoms with Crippen LogP contribution in [0.3, 0.4) is 0 Å². The molecule has 2 rings (SSSR count). The first-order chi connectivity index (χ1) is 10.8. The van der Waals surface area contributed by atoms with Crippen molar-refractivity contribution in [2.45, 2.75) is 38.6 Å². The molecule has 1 saturated carbocycles. The van der Waals surface area contributed by atoms with Gasteiger partial charge in [0.2, 0.25) is 0 Å². The molecule has 1 aromatic rings. The lowest BCUT2D eigenvalue weighted by molar-refractivity contribution is 0.133. The van der Waals surface area contributed by atoms with E-state index in [0.717, 1.165) is 50.9 Å². The highest BCUT2D eigenvalue weighted by Crippen LogP contribution is 2.28. The molecular formula is C18H30IN3O. The van der Waals surface area contributed by atoms with Crippen LogP contribution in [0.15, 0.2) is 35.3 Å². The molecule has 0 amide bonds. The first kappa shape index (κ1) is 20.2. The van der Waals surface area contributed by atoms with Gasteiger partial charge in [-0.2, -0.15) is 0 Å². The summed E-state index contributed by atoms with van der Waals surface area (Å²) in [6.07, 6.45) is 4.44. The van der Waals surface area contributed by atoms with Gasteiger partial charge in [-0.25, -0.2) is 0 Å². The van der Waals surface area contributed by atoms with E-state index in [0.29, 0.717) is 6.04 Å². The lowest BCUT2D eigenvalue weighted by Gasteiger charge is -2.11. The maximum atomic E-state index is 5.69. The van der Waals surface area contributed by atoms with Crippen LogP contribution in [-0.4, -0.2) is 38.8 Å². The number of rotatable bonds is 9. The Labute approximate surface area is 157 Å². The summed E-state index contributed by atoms with van der Waals surface area (Å²) in [7, 11) is 1.83. The molecule has 130 valence electrons. The Morgan fingerprint density at radius 2 is 1.96 bits per heavy atom. The van der Waals surface area contributed by atoms with Crippen LogP contribution in [0.25, 0.3) is 0 Å². The summed E-state index contributed by atoms with van der Waals surface area (Å²) in [4.78, 5) is 4.25. The van der Waals surface area contributed by atoms with Gasteiger partial charge in [0.1, 0.15) is 0 Å². The molecule has 2 atom stereocenters. The first-order valence-corrected chi connectivity index (χ1v) is 8.38. The highest BCUT2D eigenvalue weighted by molar-refractivity contribution is 14.0. The number of benzene rings is 1. The molecule has 0 aromatic heterocycles. The Morgan fingerprint density at radius 1 is 1.22 bits per heavy atom. The van der Waals surface area contributed by atoms with Crippen LogP contribution in [0.1, 0.15) is 31.7 Å². The topological polar surface area (TPSA) is 45.7 Å². The van der Waals surface area contributed by atoms with Crippen molar-refractivity contribution in [1.82, 2.24) is 10.6 Å². The highest BCUT2D eigenvalue weighted by Gasteiger charge is 2.32. The van der Waals surface area contributed by atoms with Crippen molar-refractivity contribution < 1.29 is 4.74 Å².